The van der Waals surface area contributed by atoms with Gasteiger partial charge in [0.1, 0.15) is 5.60 Å². The van der Waals surface area contributed by atoms with Crippen LogP contribution < -0.4 is 0 Å². The van der Waals surface area contributed by atoms with Crippen molar-refractivity contribution in [2.24, 2.45) is 0 Å². The molecule has 80 valence electrons. The van der Waals surface area contributed by atoms with E-state index in [-0.39, 0.29) is 5.60 Å². The predicted molar refractivity (Wildman–Crippen MR) is 62.1 cm³/mol. The second-order valence-electron chi connectivity index (χ2n) is 4.67. The highest BCUT2D eigenvalue weighted by Gasteiger charge is 2.27. The third-order valence-electron chi connectivity index (χ3n) is 1.75. The lowest BCUT2D eigenvalue weighted by atomic mass is 10.0. The van der Waals surface area contributed by atoms with Gasteiger partial charge >= 0.3 is 0 Å². The van der Waals surface area contributed by atoms with Crippen molar-refractivity contribution in [3.63, 3.8) is 0 Å². The molecule has 0 amide bonds. The monoisotopic (exact) mass is 194 g/mol. The van der Waals surface area contributed by atoms with Crippen LogP contribution in [0.5, 0.6) is 0 Å². The van der Waals surface area contributed by atoms with Gasteiger partial charge in [0.05, 0.1) is 5.60 Å². The summed E-state index contributed by atoms with van der Waals surface area (Å²) >= 11 is 0. The number of hydrogen-bond donors (Lipinski definition) is 0. The van der Waals surface area contributed by atoms with Gasteiger partial charge in [-0.1, -0.05) is 25.0 Å². The zero-order valence-electron chi connectivity index (χ0n) is 10.1. The fraction of sp³-hybridized carbons (Fsp3) is 0.692. The normalized spacial score (nSPS) is 16.6. The average Bonchev–Trinajstić information content (AvgIpc) is 2.02. The van der Waals surface area contributed by atoms with Crippen LogP contribution in [-0.2, 0) is 4.74 Å². The Labute approximate surface area is 88.5 Å². The Kier molecular flexibility index (Phi) is 4.94. The van der Waals surface area contributed by atoms with E-state index < -0.39 is 5.60 Å². The average molecular weight is 194 g/mol. The van der Waals surface area contributed by atoms with Crippen molar-refractivity contribution < 1.29 is 4.74 Å². The first-order valence-electron chi connectivity index (χ1n) is 5.16. The molecule has 14 heavy (non-hydrogen) atoms. The van der Waals surface area contributed by atoms with E-state index in [1.165, 1.54) is 0 Å². The highest BCUT2D eigenvalue weighted by molar-refractivity contribution is 5.10. The molecule has 0 rings (SSSR count). The molecule has 0 saturated heterocycles. The van der Waals surface area contributed by atoms with Crippen molar-refractivity contribution in [3.8, 4) is 12.3 Å². The maximum absolute atomic E-state index is 5.83. The molecular weight excluding hydrogens is 172 g/mol. The van der Waals surface area contributed by atoms with E-state index in [9.17, 15) is 0 Å². The van der Waals surface area contributed by atoms with Gasteiger partial charge in [0.2, 0.25) is 0 Å². The first kappa shape index (κ1) is 13.3. The Hall–Kier alpha value is -0.740. The van der Waals surface area contributed by atoms with Crippen LogP contribution in [0.15, 0.2) is 12.2 Å². The second-order valence-corrected chi connectivity index (χ2v) is 4.67. The van der Waals surface area contributed by atoms with Crippen LogP contribution in [-0.4, -0.2) is 11.2 Å². The lowest BCUT2D eigenvalue weighted by Crippen LogP contribution is -2.35. The maximum atomic E-state index is 5.83. The number of hydrogen-bond acceptors (Lipinski definition) is 1. The molecule has 0 spiro atoms. The topological polar surface area (TPSA) is 9.23 Å². The molecule has 1 nitrogen and oxygen atoms in total. The first-order chi connectivity index (χ1) is 6.33. The van der Waals surface area contributed by atoms with E-state index in [4.69, 9.17) is 11.2 Å². The van der Waals surface area contributed by atoms with E-state index in [1.54, 1.807) is 0 Å². The van der Waals surface area contributed by atoms with Crippen molar-refractivity contribution >= 4 is 0 Å². The first-order valence-corrected chi connectivity index (χ1v) is 5.16. The number of ether oxygens (including phenoxy) is 1. The van der Waals surface area contributed by atoms with Gasteiger partial charge in [0, 0.05) is 6.42 Å². The quantitative estimate of drug-likeness (QED) is 0.491. The van der Waals surface area contributed by atoms with Crippen molar-refractivity contribution in [2.45, 2.75) is 58.7 Å². The van der Waals surface area contributed by atoms with Gasteiger partial charge in [-0.05, 0) is 34.1 Å². The van der Waals surface area contributed by atoms with Gasteiger partial charge in [0.25, 0.3) is 0 Å². The summed E-state index contributed by atoms with van der Waals surface area (Å²) < 4.78 is 5.83. The van der Waals surface area contributed by atoms with Crippen LogP contribution in [0.25, 0.3) is 0 Å². The van der Waals surface area contributed by atoms with Gasteiger partial charge < -0.3 is 4.74 Å². The van der Waals surface area contributed by atoms with E-state index in [0.29, 0.717) is 0 Å². The highest BCUT2D eigenvalue weighted by Crippen LogP contribution is 2.23. The molecule has 0 heterocycles. The molecule has 0 bridgehead atoms. The third-order valence-corrected chi connectivity index (χ3v) is 1.75. The van der Waals surface area contributed by atoms with E-state index in [0.717, 1.165) is 12.8 Å². The van der Waals surface area contributed by atoms with Gasteiger partial charge in [-0.2, -0.15) is 0 Å². The minimum atomic E-state index is -0.482. The Morgan fingerprint density at radius 2 is 1.79 bits per heavy atom. The van der Waals surface area contributed by atoms with Crippen molar-refractivity contribution in [2.75, 3.05) is 0 Å². The molecule has 0 aliphatic carbocycles. The molecule has 1 atom stereocenters. The summed E-state index contributed by atoms with van der Waals surface area (Å²) in [5.74, 6) is 2.72. The van der Waals surface area contributed by atoms with E-state index in [2.05, 4.69) is 25.0 Å². The zero-order chi connectivity index (χ0) is 11.2. The van der Waals surface area contributed by atoms with Crippen molar-refractivity contribution in [1.29, 1.82) is 0 Å². The fourth-order valence-electron chi connectivity index (χ4n) is 1.28. The molecule has 0 aliphatic heterocycles. The van der Waals surface area contributed by atoms with Crippen LogP contribution in [0.4, 0.5) is 0 Å². The number of terminal acetylenes is 1. The molecule has 0 aromatic carbocycles. The van der Waals surface area contributed by atoms with Gasteiger partial charge in [0.15, 0.2) is 0 Å². The lowest BCUT2D eigenvalue weighted by molar-refractivity contribution is -0.0881. The largest absolute Gasteiger partial charge is 0.357 e. The number of rotatable bonds is 4. The Morgan fingerprint density at radius 3 is 2.14 bits per heavy atom. The summed E-state index contributed by atoms with van der Waals surface area (Å²) in [6.45, 7) is 10.1. The highest BCUT2D eigenvalue weighted by atomic mass is 16.5. The SMILES string of the molecule is C#C[C@](C)(C/C=C\CC)OC(C)(C)C. The van der Waals surface area contributed by atoms with Crippen LogP contribution in [0.2, 0.25) is 0 Å². The molecule has 0 unspecified atom stereocenters. The minimum Gasteiger partial charge on any atom is -0.357 e. The van der Waals surface area contributed by atoms with Gasteiger partial charge in [-0.15, -0.1) is 6.42 Å². The summed E-state index contributed by atoms with van der Waals surface area (Å²) in [5, 5.41) is 0. The minimum absolute atomic E-state index is 0.193. The summed E-state index contributed by atoms with van der Waals surface area (Å²) in [4.78, 5) is 0. The second kappa shape index (κ2) is 5.22. The Morgan fingerprint density at radius 1 is 1.21 bits per heavy atom. The Bertz CT molecular complexity index is 227. The number of allylic oxidation sites excluding steroid dienone is 1. The standard InChI is InChI=1S/C13H22O/c1-7-9-10-11-13(6,8-2)14-12(3,4)5/h2,9-10H,7,11H2,1,3-6H3/b10-9-/t13-/m1/s1. The molecule has 0 aromatic rings. The van der Waals surface area contributed by atoms with Crippen LogP contribution in [0.3, 0.4) is 0 Å². The smallest absolute Gasteiger partial charge is 0.129 e. The van der Waals surface area contributed by atoms with Crippen LogP contribution in [0, 0.1) is 12.3 Å². The van der Waals surface area contributed by atoms with Crippen LogP contribution >= 0.6 is 0 Å². The molecule has 0 aromatic heterocycles. The zero-order valence-corrected chi connectivity index (χ0v) is 10.1. The summed E-state index contributed by atoms with van der Waals surface area (Å²) in [7, 11) is 0. The molecule has 0 N–H and O–H groups in total. The summed E-state index contributed by atoms with van der Waals surface area (Å²) in [6, 6.07) is 0. The summed E-state index contributed by atoms with van der Waals surface area (Å²) in [6.07, 6.45) is 11.5. The van der Waals surface area contributed by atoms with E-state index in [1.807, 2.05) is 27.7 Å². The fourth-order valence-corrected chi connectivity index (χ4v) is 1.28. The molecule has 1 heteroatoms. The molecular formula is C13H22O. The molecule has 0 radical (unpaired) electrons. The third kappa shape index (κ3) is 5.83. The lowest BCUT2D eigenvalue weighted by Gasteiger charge is -2.32. The maximum Gasteiger partial charge on any atom is 0.129 e. The predicted octanol–water partition coefficient (Wildman–Crippen LogP) is 3.55. The molecule has 0 fully saturated rings. The van der Waals surface area contributed by atoms with Crippen LogP contribution in [0.1, 0.15) is 47.5 Å². The Balaban J connectivity index is 4.35. The summed E-state index contributed by atoms with van der Waals surface area (Å²) in [5.41, 5.74) is -0.676. The molecule has 0 aliphatic rings. The van der Waals surface area contributed by atoms with Crippen molar-refractivity contribution in [1.82, 2.24) is 0 Å². The molecule has 0 saturated carbocycles. The van der Waals surface area contributed by atoms with Gasteiger partial charge in [-0.3, -0.25) is 0 Å². The van der Waals surface area contributed by atoms with E-state index >= 15 is 0 Å². The van der Waals surface area contributed by atoms with Gasteiger partial charge in [-0.25, -0.2) is 0 Å². The van der Waals surface area contributed by atoms with Crippen molar-refractivity contribution in [3.05, 3.63) is 12.2 Å².